The van der Waals surface area contributed by atoms with Gasteiger partial charge in [0.1, 0.15) is 0 Å². The molecule has 2 rings (SSSR count). The Balaban J connectivity index is 2.14. The highest BCUT2D eigenvalue weighted by atomic mass is 16.4. The zero-order valence-corrected chi connectivity index (χ0v) is 8.93. The number of nitrogens with one attached hydrogen (secondary N) is 1. The Morgan fingerprint density at radius 3 is 2.56 bits per heavy atom. The van der Waals surface area contributed by atoms with Crippen LogP contribution in [0.2, 0.25) is 0 Å². The van der Waals surface area contributed by atoms with E-state index >= 15 is 0 Å². The van der Waals surface area contributed by atoms with Crippen LogP contribution in [-0.4, -0.2) is 17.0 Å². The minimum absolute atomic E-state index is 0.0434. The molecule has 1 fully saturated rings. The van der Waals surface area contributed by atoms with Crippen molar-refractivity contribution in [3.05, 3.63) is 29.8 Å². The third-order valence-electron chi connectivity index (χ3n) is 2.86. The molecule has 2 N–H and O–H groups in total. The van der Waals surface area contributed by atoms with Gasteiger partial charge < -0.3 is 10.4 Å². The molecule has 4 heteroatoms. The molecule has 4 nitrogen and oxygen atoms in total. The van der Waals surface area contributed by atoms with Crippen molar-refractivity contribution >= 4 is 17.6 Å². The van der Waals surface area contributed by atoms with Crippen molar-refractivity contribution in [2.45, 2.75) is 13.3 Å². The number of carboxylic acid groups (broad SMARTS) is 1. The van der Waals surface area contributed by atoms with E-state index < -0.39 is 5.97 Å². The van der Waals surface area contributed by atoms with Crippen molar-refractivity contribution in [2.24, 2.45) is 11.8 Å². The Labute approximate surface area is 93.3 Å². The van der Waals surface area contributed by atoms with Crippen LogP contribution in [0.4, 0.5) is 5.69 Å². The van der Waals surface area contributed by atoms with Crippen molar-refractivity contribution in [1.29, 1.82) is 0 Å². The van der Waals surface area contributed by atoms with Crippen LogP contribution in [0.1, 0.15) is 23.7 Å². The summed E-state index contributed by atoms with van der Waals surface area (Å²) in [6.07, 6.45) is 0.890. The summed E-state index contributed by atoms with van der Waals surface area (Å²) in [6.45, 7) is 2.01. The van der Waals surface area contributed by atoms with Crippen LogP contribution in [0.25, 0.3) is 0 Å². The van der Waals surface area contributed by atoms with Crippen LogP contribution >= 0.6 is 0 Å². The third kappa shape index (κ3) is 2.05. The first-order valence-electron chi connectivity index (χ1n) is 5.23. The number of rotatable bonds is 3. The minimum atomic E-state index is -1.03. The molecule has 0 heterocycles. The summed E-state index contributed by atoms with van der Waals surface area (Å²) in [7, 11) is 0. The number of carbonyl (C=O) groups is 2. The molecule has 1 aliphatic carbocycles. The molecular weight excluding hydrogens is 206 g/mol. The van der Waals surface area contributed by atoms with E-state index in [1.165, 1.54) is 6.07 Å². The Kier molecular flexibility index (Phi) is 2.64. The van der Waals surface area contributed by atoms with E-state index in [4.69, 9.17) is 5.11 Å². The minimum Gasteiger partial charge on any atom is -0.478 e. The molecule has 1 saturated carbocycles. The predicted octanol–water partition coefficient (Wildman–Crippen LogP) is 1.98. The van der Waals surface area contributed by atoms with Gasteiger partial charge in [0.25, 0.3) is 0 Å². The zero-order chi connectivity index (χ0) is 11.7. The normalized spacial score (nSPS) is 22.6. The largest absolute Gasteiger partial charge is 0.478 e. The second-order valence-corrected chi connectivity index (χ2v) is 4.16. The zero-order valence-electron chi connectivity index (χ0n) is 8.93. The highest BCUT2D eigenvalue weighted by molar-refractivity contribution is 6.01. The number of aromatic carboxylic acids is 1. The molecule has 0 spiro atoms. The fraction of sp³-hybridized carbons (Fsp3) is 0.333. The highest BCUT2D eigenvalue weighted by Gasteiger charge is 2.39. The van der Waals surface area contributed by atoms with Crippen molar-refractivity contribution in [3.63, 3.8) is 0 Å². The molecule has 0 radical (unpaired) electrons. The van der Waals surface area contributed by atoms with Crippen LogP contribution in [0.3, 0.4) is 0 Å². The molecule has 1 aromatic carbocycles. The molecule has 1 aromatic rings. The van der Waals surface area contributed by atoms with Crippen molar-refractivity contribution in [3.8, 4) is 0 Å². The second kappa shape index (κ2) is 3.96. The van der Waals surface area contributed by atoms with Crippen molar-refractivity contribution in [1.82, 2.24) is 0 Å². The summed E-state index contributed by atoms with van der Waals surface area (Å²) in [5.41, 5.74) is 0.503. The van der Waals surface area contributed by atoms with Crippen LogP contribution in [-0.2, 0) is 4.79 Å². The van der Waals surface area contributed by atoms with Gasteiger partial charge >= 0.3 is 5.97 Å². The van der Waals surface area contributed by atoms with Gasteiger partial charge in [-0.1, -0.05) is 19.1 Å². The van der Waals surface area contributed by atoms with Gasteiger partial charge in [0.15, 0.2) is 0 Å². The lowest BCUT2D eigenvalue weighted by atomic mass is 10.1. The molecule has 0 saturated heterocycles. The van der Waals surface area contributed by atoms with E-state index in [0.717, 1.165) is 6.42 Å². The Bertz CT molecular complexity index is 442. The van der Waals surface area contributed by atoms with E-state index in [0.29, 0.717) is 11.6 Å². The molecule has 0 aliphatic heterocycles. The molecular formula is C12H13NO3. The Morgan fingerprint density at radius 2 is 2.00 bits per heavy atom. The number of hydrogen-bond donors (Lipinski definition) is 2. The number of amides is 1. The molecule has 0 aromatic heterocycles. The lowest BCUT2D eigenvalue weighted by Gasteiger charge is -2.07. The van der Waals surface area contributed by atoms with Crippen molar-refractivity contribution in [2.75, 3.05) is 5.32 Å². The summed E-state index contributed by atoms with van der Waals surface area (Å²) in [6, 6.07) is 6.43. The third-order valence-corrected chi connectivity index (χ3v) is 2.86. The second-order valence-electron chi connectivity index (χ2n) is 4.16. The van der Waals surface area contributed by atoms with Gasteiger partial charge in [0.2, 0.25) is 5.91 Å². The van der Waals surface area contributed by atoms with Gasteiger partial charge in [-0.2, -0.15) is 0 Å². The maximum Gasteiger partial charge on any atom is 0.337 e. The molecule has 2 atom stereocenters. The summed E-state index contributed by atoms with van der Waals surface area (Å²) in [5, 5.41) is 11.6. The van der Waals surface area contributed by atoms with Gasteiger partial charge in [-0.15, -0.1) is 0 Å². The molecule has 0 bridgehead atoms. The first-order chi connectivity index (χ1) is 7.59. The van der Waals surface area contributed by atoms with Gasteiger partial charge in [-0.05, 0) is 24.5 Å². The maximum absolute atomic E-state index is 11.7. The van der Waals surface area contributed by atoms with E-state index in [9.17, 15) is 9.59 Å². The summed E-state index contributed by atoms with van der Waals surface area (Å²) in [5.74, 6) is -0.653. The van der Waals surface area contributed by atoms with Crippen LogP contribution < -0.4 is 5.32 Å². The molecule has 1 amide bonds. The number of hydrogen-bond acceptors (Lipinski definition) is 2. The topological polar surface area (TPSA) is 66.4 Å². The van der Waals surface area contributed by atoms with Gasteiger partial charge in [0, 0.05) is 5.92 Å². The predicted molar refractivity (Wildman–Crippen MR) is 59.3 cm³/mol. The van der Waals surface area contributed by atoms with E-state index in [1.54, 1.807) is 18.2 Å². The lowest BCUT2D eigenvalue weighted by Crippen LogP contribution is -2.16. The lowest BCUT2D eigenvalue weighted by molar-refractivity contribution is -0.117. The molecule has 84 valence electrons. The number of anilines is 1. The summed E-state index contributed by atoms with van der Waals surface area (Å²) >= 11 is 0. The van der Waals surface area contributed by atoms with E-state index in [-0.39, 0.29) is 17.4 Å². The molecule has 16 heavy (non-hydrogen) atoms. The van der Waals surface area contributed by atoms with Crippen LogP contribution in [0.5, 0.6) is 0 Å². The van der Waals surface area contributed by atoms with E-state index in [1.807, 2.05) is 6.92 Å². The average molecular weight is 219 g/mol. The fourth-order valence-electron chi connectivity index (χ4n) is 1.69. The number of carboxylic acids is 1. The molecule has 2 unspecified atom stereocenters. The van der Waals surface area contributed by atoms with Gasteiger partial charge in [-0.3, -0.25) is 4.79 Å². The Hall–Kier alpha value is -1.84. The standard InChI is InChI=1S/C12H13NO3/c1-7-6-9(7)11(14)13-10-5-3-2-4-8(10)12(15)16/h2-5,7,9H,6H2,1H3,(H,13,14)(H,15,16). The van der Waals surface area contributed by atoms with E-state index in [2.05, 4.69) is 5.32 Å². The first-order valence-corrected chi connectivity index (χ1v) is 5.23. The monoisotopic (exact) mass is 219 g/mol. The van der Waals surface area contributed by atoms with Gasteiger partial charge in [-0.25, -0.2) is 4.79 Å². The maximum atomic E-state index is 11.7. The molecule has 1 aliphatic rings. The summed E-state index contributed by atoms with van der Waals surface area (Å²) < 4.78 is 0. The summed E-state index contributed by atoms with van der Waals surface area (Å²) in [4.78, 5) is 22.6. The first kappa shape index (κ1) is 10.7. The number of carbonyl (C=O) groups excluding carboxylic acids is 1. The number of para-hydroxylation sites is 1. The number of benzene rings is 1. The SMILES string of the molecule is CC1CC1C(=O)Nc1ccccc1C(=O)O. The fourth-order valence-corrected chi connectivity index (χ4v) is 1.69. The van der Waals surface area contributed by atoms with Crippen molar-refractivity contribution < 1.29 is 14.7 Å². The van der Waals surface area contributed by atoms with Crippen LogP contribution in [0, 0.1) is 11.8 Å². The van der Waals surface area contributed by atoms with Gasteiger partial charge in [0.05, 0.1) is 11.3 Å². The highest BCUT2D eigenvalue weighted by Crippen LogP contribution is 2.38. The Morgan fingerprint density at radius 1 is 1.38 bits per heavy atom. The average Bonchev–Trinajstić information content (AvgIpc) is 2.96. The van der Waals surface area contributed by atoms with Crippen LogP contribution in [0.15, 0.2) is 24.3 Å². The quantitative estimate of drug-likeness (QED) is 0.816. The smallest absolute Gasteiger partial charge is 0.337 e.